The second-order valence-electron chi connectivity index (χ2n) is 5.00. The molecule has 0 amide bonds. The number of halogens is 1. The van der Waals surface area contributed by atoms with Gasteiger partial charge in [-0.05, 0) is 43.7 Å². The molecule has 1 heterocycles. The van der Waals surface area contributed by atoms with Crippen LogP contribution in [0.1, 0.15) is 38.3 Å². The molecular weight excluding hydrogens is 270 g/mol. The highest BCUT2D eigenvalue weighted by atomic mass is 35.5. The molecule has 2 atom stereocenters. The minimum Gasteiger partial charge on any atom is -0.469 e. The molecule has 0 radical (unpaired) electrons. The van der Waals surface area contributed by atoms with Crippen LogP contribution in [0.5, 0.6) is 5.88 Å². The van der Waals surface area contributed by atoms with Gasteiger partial charge in [0.1, 0.15) is 11.8 Å². The monoisotopic (exact) mass is 285 g/mol. The lowest BCUT2D eigenvalue weighted by atomic mass is 9.89. The van der Waals surface area contributed by atoms with Crippen LogP contribution in [0.3, 0.4) is 0 Å². The molecule has 2 rings (SSSR count). The summed E-state index contributed by atoms with van der Waals surface area (Å²) < 4.78 is 5.70. The number of nitrogens with zero attached hydrogens (tertiary/aromatic N) is 3. The van der Waals surface area contributed by atoms with Crippen LogP contribution in [0.25, 0.3) is 0 Å². The van der Waals surface area contributed by atoms with Crippen molar-refractivity contribution >= 4 is 17.3 Å². The predicted octanol–water partition coefficient (Wildman–Crippen LogP) is 3.30. The Kier molecular flexibility index (Phi) is 4.19. The number of rotatable bonds is 3. The predicted molar refractivity (Wildman–Crippen MR) is 70.5 cm³/mol. The summed E-state index contributed by atoms with van der Waals surface area (Å²) in [5.74, 6) is 0.554. The van der Waals surface area contributed by atoms with Crippen molar-refractivity contribution in [1.82, 2.24) is 9.97 Å². The van der Waals surface area contributed by atoms with Crippen molar-refractivity contribution in [2.45, 2.75) is 45.6 Å². The Bertz CT molecular complexity index is 495. The highest BCUT2D eigenvalue weighted by Crippen LogP contribution is 2.33. The Hall–Kier alpha value is -1.43. The van der Waals surface area contributed by atoms with E-state index in [2.05, 4.69) is 16.9 Å². The fraction of sp³-hybridized carbons (Fsp3) is 0.667. The zero-order chi connectivity index (χ0) is 14.0. The lowest BCUT2D eigenvalue weighted by Gasteiger charge is -2.26. The molecule has 1 aliphatic carbocycles. The number of hydrogen-bond acceptors (Lipinski definition) is 5. The van der Waals surface area contributed by atoms with E-state index >= 15 is 0 Å². The number of ether oxygens (including phenoxy) is 1. The summed E-state index contributed by atoms with van der Waals surface area (Å²) in [5.41, 5.74) is 0.0338. The molecule has 0 aliphatic heterocycles. The average molecular weight is 286 g/mol. The third-order valence-electron chi connectivity index (χ3n) is 3.35. The smallest absolute Gasteiger partial charge is 0.352 e. The van der Waals surface area contributed by atoms with Gasteiger partial charge in [0.05, 0.1) is 4.92 Å². The van der Waals surface area contributed by atoms with E-state index < -0.39 is 4.92 Å². The van der Waals surface area contributed by atoms with Crippen molar-refractivity contribution in [3.63, 3.8) is 0 Å². The van der Waals surface area contributed by atoms with E-state index in [4.69, 9.17) is 16.3 Å². The summed E-state index contributed by atoms with van der Waals surface area (Å²) in [5, 5.41) is 11.0. The van der Waals surface area contributed by atoms with Crippen LogP contribution in [-0.4, -0.2) is 21.0 Å². The molecule has 1 saturated carbocycles. The van der Waals surface area contributed by atoms with Gasteiger partial charge in [0.15, 0.2) is 0 Å². The summed E-state index contributed by atoms with van der Waals surface area (Å²) in [6, 6.07) is 0. The molecule has 2 unspecified atom stereocenters. The van der Waals surface area contributed by atoms with Gasteiger partial charge >= 0.3 is 5.69 Å². The lowest BCUT2D eigenvalue weighted by molar-refractivity contribution is -0.387. The van der Waals surface area contributed by atoms with Crippen LogP contribution < -0.4 is 4.74 Å². The first-order chi connectivity index (χ1) is 8.97. The molecule has 1 aromatic heterocycles. The maximum atomic E-state index is 11.1. The van der Waals surface area contributed by atoms with Crippen molar-refractivity contribution in [3.05, 3.63) is 21.1 Å². The van der Waals surface area contributed by atoms with E-state index in [0.717, 1.165) is 19.3 Å². The largest absolute Gasteiger partial charge is 0.469 e. The first-order valence-electron chi connectivity index (χ1n) is 6.32. The quantitative estimate of drug-likeness (QED) is 0.484. The van der Waals surface area contributed by atoms with Crippen molar-refractivity contribution in [2.24, 2.45) is 5.92 Å². The number of aromatic nitrogens is 2. The zero-order valence-corrected chi connectivity index (χ0v) is 11.7. The molecule has 0 bridgehead atoms. The summed E-state index contributed by atoms with van der Waals surface area (Å²) in [7, 11) is 0. The van der Waals surface area contributed by atoms with E-state index in [9.17, 15) is 10.1 Å². The van der Waals surface area contributed by atoms with Gasteiger partial charge in [-0.25, -0.2) is 4.98 Å². The Morgan fingerprint density at radius 2 is 2.16 bits per heavy atom. The third kappa shape index (κ3) is 3.32. The molecule has 7 heteroatoms. The Morgan fingerprint density at radius 3 is 2.79 bits per heavy atom. The number of hydrogen-bond donors (Lipinski definition) is 0. The standard InChI is InChI=1S/C12H16ClN3O3/c1-7-4-3-5-9(6-7)19-11-10(16(17)18)8(2)14-12(13)15-11/h7,9H,3-6H2,1-2H3. The molecular formula is C12H16ClN3O3. The van der Waals surface area contributed by atoms with Gasteiger partial charge in [-0.3, -0.25) is 10.1 Å². The first kappa shape index (κ1) is 14.0. The Labute approximate surface area is 116 Å². The summed E-state index contributed by atoms with van der Waals surface area (Å²) >= 11 is 5.75. The summed E-state index contributed by atoms with van der Waals surface area (Å²) in [4.78, 5) is 18.2. The molecule has 0 aromatic carbocycles. The number of nitro groups is 1. The fourth-order valence-corrected chi connectivity index (χ4v) is 2.65. The van der Waals surface area contributed by atoms with Gasteiger partial charge in [-0.2, -0.15) is 4.98 Å². The van der Waals surface area contributed by atoms with Crippen molar-refractivity contribution in [1.29, 1.82) is 0 Å². The van der Waals surface area contributed by atoms with E-state index in [1.807, 2.05) is 0 Å². The van der Waals surface area contributed by atoms with Gasteiger partial charge in [0.2, 0.25) is 5.28 Å². The minimum absolute atomic E-state index is 0.0124. The van der Waals surface area contributed by atoms with E-state index in [1.165, 1.54) is 13.3 Å². The number of aryl methyl sites for hydroxylation is 1. The summed E-state index contributed by atoms with van der Waals surface area (Å²) in [6.45, 7) is 3.68. The van der Waals surface area contributed by atoms with E-state index in [-0.39, 0.29) is 28.6 Å². The minimum atomic E-state index is -0.521. The van der Waals surface area contributed by atoms with Crippen LogP contribution in [0.4, 0.5) is 5.69 Å². The van der Waals surface area contributed by atoms with Crippen LogP contribution in [0.2, 0.25) is 5.28 Å². The Morgan fingerprint density at radius 1 is 1.42 bits per heavy atom. The molecule has 1 aromatic rings. The fourth-order valence-electron chi connectivity index (χ4n) is 2.44. The van der Waals surface area contributed by atoms with Crippen LogP contribution in [0.15, 0.2) is 0 Å². The summed E-state index contributed by atoms with van der Waals surface area (Å²) in [6.07, 6.45) is 3.98. The van der Waals surface area contributed by atoms with Gasteiger partial charge in [-0.1, -0.05) is 13.3 Å². The SMILES string of the molecule is Cc1nc(Cl)nc(OC2CCCC(C)C2)c1[N+](=O)[O-]. The maximum Gasteiger partial charge on any atom is 0.352 e. The van der Waals surface area contributed by atoms with E-state index in [0.29, 0.717) is 5.92 Å². The molecule has 6 nitrogen and oxygen atoms in total. The van der Waals surface area contributed by atoms with Gasteiger partial charge in [-0.15, -0.1) is 0 Å². The lowest BCUT2D eigenvalue weighted by Crippen LogP contribution is -2.25. The van der Waals surface area contributed by atoms with Crippen molar-refractivity contribution in [2.75, 3.05) is 0 Å². The molecule has 0 spiro atoms. The van der Waals surface area contributed by atoms with Gasteiger partial charge < -0.3 is 4.74 Å². The highest BCUT2D eigenvalue weighted by Gasteiger charge is 2.28. The van der Waals surface area contributed by atoms with Gasteiger partial charge in [0.25, 0.3) is 5.88 Å². The zero-order valence-electron chi connectivity index (χ0n) is 10.9. The molecule has 19 heavy (non-hydrogen) atoms. The molecule has 104 valence electrons. The second-order valence-corrected chi connectivity index (χ2v) is 5.34. The van der Waals surface area contributed by atoms with Crippen molar-refractivity contribution in [3.8, 4) is 5.88 Å². The topological polar surface area (TPSA) is 78.2 Å². The van der Waals surface area contributed by atoms with Crippen LogP contribution >= 0.6 is 11.6 Å². The average Bonchev–Trinajstić information content (AvgIpc) is 2.26. The molecule has 0 saturated heterocycles. The normalized spacial score (nSPS) is 23.1. The second kappa shape index (κ2) is 5.69. The highest BCUT2D eigenvalue weighted by molar-refractivity contribution is 6.28. The van der Waals surface area contributed by atoms with Crippen LogP contribution in [0, 0.1) is 23.0 Å². The third-order valence-corrected chi connectivity index (χ3v) is 3.52. The molecule has 0 N–H and O–H groups in total. The van der Waals surface area contributed by atoms with E-state index in [1.54, 1.807) is 0 Å². The molecule has 1 aliphatic rings. The first-order valence-corrected chi connectivity index (χ1v) is 6.70. The maximum absolute atomic E-state index is 11.1. The molecule has 1 fully saturated rings. The van der Waals surface area contributed by atoms with Crippen LogP contribution in [-0.2, 0) is 0 Å². The van der Waals surface area contributed by atoms with Gasteiger partial charge in [0, 0.05) is 0 Å². The van der Waals surface area contributed by atoms with Crippen molar-refractivity contribution < 1.29 is 9.66 Å². The Balaban J connectivity index is 2.25.